The smallest absolute Gasteiger partial charge is 0.417 e. The first-order valence-electron chi connectivity index (χ1n) is 16.4. The van der Waals surface area contributed by atoms with Gasteiger partial charge in [-0.1, -0.05) is 74.5 Å². The first-order chi connectivity index (χ1) is 25.1. The van der Waals surface area contributed by atoms with Gasteiger partial charge in [0.05, 0.1) is 28.9 Å². The van der Waals surface area contributed by atoms with E-state index >= 15 is 0 Å². The number of hydrogen-bond acceptors (Lipinski definition) is 10. The van der Waals surface area contributed by atoms with E-state index in [2.05, 4.69) is 25.5 Å². The molecule has 3 heterocycles. The SMILES string of the molecule is CC(C)[C@H](NC(=O)Cn1c(-c2ccccc2)ncc(N(C)C(=O)OCc2ccccc2)c1=O)C(=O)c1nnc(C(C)(C)c2ccc(C(F)(F)F)cn2)o1. The number of alkyl halides is 3. The lowest BCUT2D eigenvalue weighted by molar-refractivity contribution is -0.137. The molecule has 53 heavy (non-hydrogen) atoms. The van der Waals surface area contributed by atoms with E-state index < -0.39 is 64.9 Å². The maximum absolute atomic E-state index is 13.9. The van der Waals surface area contributed by atoms with Crippen LogP contribution in [0.5, 0.6) is 0 Å². The van der Waals surface area contributed by atoms with Gasteiger partial charge in [0.25, 0.3) is 11.4 Å². The van der Waals surface area contributed by atoms with Gasteiger partial charge in [-0.05, 0) is 37.5 Å². The standard InChI is InChI=1S/C37H36F3N7O6/c1-22(2)29(30(49)32-44-45-34(53-32)36(3,4)27-17-16-25(18-41-27)37(38,39)40)43-28(48)20-47-31(24-14-10-7-11-15-24)42-19-26(33(47)50)46(5)35(51)52-21-23-12-8-6-9-13-23/h6-19,22,29H,20-21H2,1-5H3,(H,43,48)/t29-/m0/s1. The molecule has 2 aromatic carbocycles. The Bertz CT molecular complexity index is 2130. The molecule has 5 rings (SSSR count). The highest BCUT2D eigenvalue weighted by Gasteiger charge is 2.37. The fourth-order valence-electron chi connectivity index (χ4n) is 5.24. The molecule has 0 aliphatic rings. The Hall–Kier alpha value is -6.19. The number of Topliss-reactive ketones (excluding diaryl/α,β-unsaturated/α-hetero) is 1. The van der Waals surface area contributed by atoms with E-state index in [0.717, 1.165) is 21.1 Å². The van der Waals surface area contributed by atoms with Crippen molar-refractivity contribution in [3.05, 3.63) is 124 Å². The number of benzene rings is 2. The number of amides is 2. The van der Waals surface area contributed by atoms with Crippen LogP contribution in [0.4, 0.5) is 23.7 Å². The van der Waals surface area contributed by atoms with Gasteiger partial charge in [-0.3, -0.25) is 28.8 Å². The van der Waals surface area contributed by atoms with E-state index in [1.807, 2.05) is 6.07 Å². The van der Waals surface area contributed by atoms with E-state index in [1.54, 1.807) is 82.3 Å². The third-order valence-electron chi connectivity index (χ3n) is 8.37. The van der Waals surface area contributed by atoms with Gasteiger partial charge in [-0.25, -0.2) is 9.78 Å². The number of nitrogens with zero attached hydrogens (tertiary/aromatic N) is 6. The van der Waals surface area contributed by atoms with Gasteiger partial charge < -0.3 is 14.5 Å². The zero-order valence-corrected chi connectivity index (χ0v) is 29.4. The van der Waals surface area contributed by atoms with Crippen LogP contribution in [0.3, 0.4) is 0 Å². The molecule has 13 nitrogen and oxygen atoms in total. The van der Waals surface area contributed by atoms with Crippen molar-refractivity contribution in [2.45, 2.75) is 58.5 Å². The van der Waals surface area contributed by atoms with E-state index in [9.17, 15) is 32.3 Å². The Labute approximate surface area is 301 Å². The third kappa shape index (κ3) is 8.65. The van der Waals surface area contributed by atoms with E-state index in [-0.39, 0.29) is 29.7 Å². The van der Waals surface area contributed by atoms with Crippen LogP contribution in [0.25, 0.3) is 11.4 Å². The summed E-state index contributed by atoms with van der Waals surface area (Å²) in [6, 6.07) is 18.5. The molecule has 0 spiro atoms. The molecule has 0 saturated heterocycles. The van der Waals surface area contributed by atoms with Crippen LogP contribution in [0, 0.1) is 5.92 Å². The molecule has 1 N–H and O–H groups in total. The average molecular weight is 732 g/mol. The predicted octanol–water partition coefficient (Wildman–Crippen LogP) is 5.83. The summed E-state index contributed by atoms with van der Waals surface area (Å²) in [6.07, 6.45) is -3.48. The number of rotatable bonds is 12. The molecule has 1 atom stereocenters. The van der Waals surface area contributed by atoms with E-state index in [4.69, 9.17) is 9.15 Å². The second-order valence-electron chi connectivity index (χ2n) is 12.9. The van der Waals surface area contributed by atoms with Gasteiger partial charge in [0, 0.05) is 18.8 Å². The lowest BCUT2D eigenvalue weighted by Crippen LogP contribution is -2.47. The molecule has 0 saturated carbocycles. The van der Waals surface area contributed by atoms with Gasteiger partial charge in [0.2, 0.25) is 17.6 Å². The molecular formula is C37H36F3N7O6. The summed E-state index contributed by atoms with van der Waals surface area (Å²) in [5, 5.41) is 10.5. The van der Waals surface area contributed by atoms with Gasteiger partial charge >= 0.3 is 12.3 Å². The highest BCUT2D eigenvalue weighted by atomic mass is 19.4. The first kappa shape index (κ1) is 38.1. The van der Waals surface area contributed by atoms with Crippen molar-refractivity contribution in [2.75, 3.05) is 11.9 Å². The Morgan fingerprint density at radius 3 is 2.19 bits per heavy atom. The van der Waals surface area contributed by atoms with Crippen LogP contribution >= 0.6 is 0 Å². The zero-order valence-electron chi connectivity index (χ0n) is 29.4. The maximum atomic E-state index is 13.9. The molecule has 0 aliphatic heterocycles. The van der Waals surface area contributed by atoms with Crippen molar-refractivity contribution in [3.63, 3.8) is 0 Å². The lowest BCUT2D eigenvalue weighted by Gasteiger charge is -2.22. The summed E-state index contributed by atoms with van der Waals surface area (Å²) < 4.78 is 51.4. The van der Waals surface area contributed by atoms with Crippen LogP contribution in [0.1, 0.15) is 61.1 Å². The maximum Gasteiger partial charge on any atom is 0.417 e. The Morgan fingerprint density at radius 2 is 1.58 bits per heavy atom. The van der Waals surface area contributed by atoms with Crippen molar-refractivity contribution in [1.29, 1.82) is 0 Å². The van der Waals surface area contributed by atoms with Crippen molar-refractivity contribution in [1.82, 2.24) is 30.0 Å². The molecule has 0 fully saturated rings. The molecule has 0 aliphatic carbocycles. The summed E-state index contributed by atoms with van der Waals surface area (Å²) in [6.45, 7) is 5.92. The van der Waals surface area contributed by atoms with Crippen molar-refractivity contribution >= 4 is 23.5 Å². The highest BCUT2D eigenvalue weighted by Crippen LogP contribution is 2.33. The van der Waals surface area contributed by atoms with Crippen LogP contribution < -0.4 is 15.8 Å². The fourth-order valence-corrected chi connectivity index (χ4v) is 5.24. The number of halogens is 3. The van der Waals surface area contributed by atoms with Crippen LogP contribution in [0.15, 0.2) is 94.4 Å². The molecule has 5 aromatic rings. The lowest BCUT2D eigenvalue weighted by atomic mass is 9.88. The molecule has 0 radical (unpaired) electrons. The van der Waals surface area contributed by atoms with Crippen molar-refractivity contribution in [2.24, 2.45) is 5.92 Å². The molecule has 0 bridgehead atoms. The number of ether oxygens (including phenoxy) is 1. The monoisotopic (exact) mass is 731 g/mol. The fraction of sp³-hybridized carbons (Fsp3) is 0.297. The molecule has 16 heteroatoms. The van der Waals surface area contributed by atoms with Crippen molar-refractivity contribution < 1.29 is 36.7 Å². The normalized spacial score (nSPS) is 12.3. The molecule has 2 amide bonds. The number of ketones is 1. The minimum absolute atomic E-state index is 0.0360. The summed E-state index contributed by atoms with van der Waals surface area (Å²) in [5.74, 6) is -2.36. The molecule has 0 unspecified atom stereocenters. The highest BCUT2D eigenvalue weighted by molar-refractivity contribution is 5.98. The quantitative estimate of drug-likeness (QED) is 0.155. The van der Waals surface area contributed by atoms with Crippen LogP contribution in [0.2, 0.25) is 0 Å². The number of carbonyl (C=O) groups excluding carboxylic acids is 3. The second kappa shape index (κ2) is 15.6. The molecule has 276 valence electrons. The van der Waals surface area contributed by atoms with Gasteiger partial charge in [0.1, 0.15) is 24.7 Å². The summed E-state index contributed by atoms with van der Waals surface area (Å²) >= 11 is 0. The Kier molecular flexibility index (Phi) is 11.2. The number of anilines is 1. The van der Waals surface area contributed by atoms with Crippen LogP contribution in [-0.4, -0.2) is 55.6 Å². The topological polar surface area (TPSA) is 162 Å². The van der Waals surface area contributed by atoms with E-state index in [1.165, 1.54) is 19.3 Å². The first-order valence-corrected chi connectivity index (χ1v) is 16.4. The second-order valence-corrected chi connectivity index (χ2v) is 12.9. The van der Waals surface area contributed by atoms with Gasteiger partial charge in [0.15, 0.2) is 0 Å². The summed E-state index contributed by atoms with van der Waals surface area (Å²) in [5.41, 5.74) is -1.54. The summed E-state index contributed by atoms with van der Waals surface area (Å²) in [4.78, 5) is 63.4. The van der Waals surface area contributed by atoms with Crippen LogP contribution in [-0.2, 0) is 34.3 Å². The van der Waals surface area contributed by atoms with Gasteiger partial charge in [-0.2, -0.15) is 13.2 Å². The van der Waals surface area contributed by atoms with Gasteiger partial charge in [-0.15, -0.1) is 10.2 Å². The minimum Gasteiger partial charge on any atom is -0.444 e. The number of pyridine rings is 1. The average Bonchev–Trinajstić information content (AvgIpc) is 3.65. The predicted molar refractivity (Wildman–Crippen MR) is 186 cm³/mol. The minimum atomic E-state index is -4.57. The zero-order chi connectivity index (χ0) is 38.5. The number of carbonyl (C=O) groups is 3. The largest absolute Gasteiger partial charge is 0.444 e. The number of nitrogens with one attached hydrogen (secondary N) is 1. The third-order valence-corrected chi connectivity index (χ3v) is 8.37. The molecule has 3 aromatic heterocycles. The van der Waals surface area contributed by atoms with Crippen molar-refractivity contribution in [3.8, 4) is 11.4 Å². The molecular weight excluding hydrogens is 695 g/mol. The number of hydrogen-bond donors (Lipinski definition) is 1. The van der Waals surface area contributed by atoms with E-state index in [0.29, 0.717) is 11.8 Å². The number of aromatic nitrogens is 5. The Morgan fingerprint density at radius 1 is 0.925 bits per heavy atom. The summed E-state index contributed by atoms with van der Waals surface area (Å²) in [7, 11) is 1.35. The Balaban J connectivity index is 1.37.